The van der Waals surface area contributed by atoms with Gasteiger partial charge in [-0.2, -0.15) is 0 Å². The average molecular weight is 457 g/mol. The van der Waals surface area contributed by atoms with Crippen LogP contribution in [0.1, 0.15) is 22.6 Å². The lowest BCUT2D eigenvalue weighted by Crippen LogP contribution is -2.47. The largest absolute Gasteiger partial charge is 0.368 e. The lowest BCUT2D eigenvalue weighted by atomic mass is 9.91. The van der Waals surface area contributed by atoms with Crippen molar-refractivity contribution in [3.63, 3.8) is 0 Å². The van der Waals surface area contributed by atoms with Crippen LogP contribution in [-0.2, 0) is 16.0 Å². The van der Waals surface area contributed by atoms with E-state index in [1.807, 2.05) is 72.8 Å². The fraction of sp³-hybridized carbons (Fsp3) is 0.0968. The number of primary amides is 1. The van der Waals surface area contributed by atoms with Crippen molar-refractivity contribution < 1.29 is 9.59 Å². The highest BCUT2D eigenvalue weighted by atomic mass is 16.2. The Kier molecular flexibility index (Phi) is 5.07. The maximum atomic E-state index is 13.7. The van der Waals surface area contributed by atoms with E-state index in [4.69, 9.17) is 5.73 Å². The molecule has 2 amide bonds. The highest BCUT2D eigenvalue weighted by molar-refractivity contribution is 6.03. The summed E-state index contributed by atoms with van der Waals surface area (Å²) in [7, 11) is 0. The number of rotatable bonds is 5. The number of benzene rings is 5. The summed E-state index contributed by atoms with van der Waals surface area (Å²) in [6, 6.07) is 33.4. The smallest absolute Gasteiger partial charge is 0.240 e. The highest BCUT2D eigenvalue weighted by Crippen LogP contribution is 2.44. The predicted octanol–water partition coefficient (Wildman–Crippen LogP) is 5.32. The first-order valence-corrected chi connectivity index (χ1v) is 11.8. The predicted molar refractivity (Wildman–Crippen MR) is 140 cm³/mol. The van der Waals surface area contributed by atoms with Crippen LogP contribution < -0.4 is 11.1 Å². The second kappa shape index (κ2) is 8.41. The van der Waals surface area contributed by atoms with Crippen molar-refractivity contribution in [2.45, 2.75) is 18.4 Å². The molecule has 0 bridgehead atoms. The normalized spacial score (nSPS) is 13.4. The van der Waals surface area contributed by atoms with Crippen molar-refractivity contribution >= 4 is 33.4 Å². The van der Waals surface area contributed by atoms with Crippen LogP contribution >= 0.6 is 0 Å². The number of nitrogens with two attached hydrogens (primary N) is 1. The molecule has 0 unspecified atom stereocenters. The van der Waals surface area contributed by atoms with E-state index < -0.39 is 17.9 Å². The van der Waals surface area contributed by atoms with E-state index in [1.165, 1.54) is 0 Å². The minimum atomic E-state index is -0.836. The van der Waals surface area contributed by atoms with Gasteiger partial charge in [-0.25, -0.2) is 0 Å². The van der Waals surface area contributed by atoms with Crippen molar-refractivity contribution in [3.8, 4) is 11.1 Å². The fourth-order valence-corrected chi connectivity index (χ4v) is 5.45. The molecule has 0 spiro atoms. The molecular formula is C31H24N2O2. The zero-order valence-corrected chi connectivity index (χ0v) is 19.1. The van der Waals surface area contributed by atoms with Crippen LogP contribution in [0.25, 0.3) is 32.7 Å². The van der Waals surface area contributed by atoms with Crippen LogP contribution in [0.15, 0.2) is 103 Å². The van der Waals surface area contributed by atoms with E-state index in [0.717, 1.165) is 49.4 Å². The summed E-state index contributed by atoms with van der Waals surface area (Å²) in [5, 5.41) is 7.31. The van der Waals surface area contributed by atoms with Crippen molar-refractivity contribution in [2.24, 2.45) is 5.73 Å². The molecule has 170 valence electrons. The number of hydrogen-bond acceptors (Lipinski definition) is 2. The number of fused-ring (bicyclic) bond motifs is 5. The molecule has 6 rings (SSSR count). The number of amides is 2. The van der Waals surface area contributed by atoms with Gasteiger partial charge in [0.1, 0.15) is 6.04 Å². The van der Waals surface area contributed by atoms with Crippen LogP contribution in [0.2, 0.25) is 0 Å². The Morgan fingerprint density at radius 2 is 1.20 bits per heavy atom. The second-order valence-electron chi connectivity index (χ2n) is 9.07. The topological polar surface area (TPSA) is 72.2 Å². The molecule has 0 saturated carbocycles. The van der Waals surface area contributed by atoms with Crippen molar-refractivity contribution in [3.05, 3.63) is 120 Å². The lowest BCUT2D eigenvalue weighted by Gasteiger charge is -2.21. The zero-order chi connectivity index (χ0) is 23.9. The number of hydrogen-bond donors (Lipinski definition) is 2. The molecule has 0 heterocycles. The molecule has 3 N–H and O–H groups in total. The summed E-state index contributed by atoms with van der Waals surface area (Å²) in [6.45, 7) is 0. The van der Waals surface area contributed by atoms with E-state index in [0.29, 0.717) is 6.42 Å². The van der Waals surface area contributed by atoms with Gasteiger partial charge in [-0.3, -0.25) is 9.59 Å². The molecule has 0 radical (unpaired) electrons. The van der Waals surface area contributed by atoms with Gasteiger partial charge in [-0.05, 0) is 55.4 Å². The number of carbonyl (C=O) groups excluding carboxylic acids is 2. The Morgan fingerprint density at radius 3 is 1.74 bits per heavy atom. The molecule has 0 aliphatic heterocycles. The summed E-state index contributed by atoms with van der Waals surface area (Å²) in [6.07, 6.45) is 0.318. The third-order valence-corrected chi connectivity index (χ3v) is 7.05. The lowest BCUT2D eigenvalue weighted by molar-refractivity contribution is -0.127. The molecule has 1 aliphatic rings. The summed E-state index contributed by atoms with van der Waals surface area (Å²) >= 11 is 0. The molecule has 4 nitrogen and oxygen atoms in total. The van der Waals surface area contributed by atoms with Crippen LogP contribution in [0.3, 0.4) is 0 Å². The van der Waals surface area contributed by atoms with Gasteiger partial charge in [0.25, 0.3) is 0 Å². The Labute approximate surface area is 203 Å². The van der Waals surface area contributed by atoms with Gasteiger partial charge in [0.15, 0.2) is 0 Å². The van der Waals surface area contributed by atoms with Gasteiger partial charge >= 0.3 is 0 Å². The summed E-state index contributed by atoms with van der Waals surface area (Å²) in [5.41, 5.74) is 10.9. The molecule has 5 aromatic rings. The average Bonchev–Trinajstić information content (AvgIpc) is 3.22. The van der Waals surface area contributed by atoms with Gasteiger partial charge in [0.05, 0.1) is 5.92 Å². The van der Waals surface area contributed by atoms with Crippen LogP contribution in [0.4, 0.5) is 0 Å². The van der Waals surface area contributed by atoms with E-state index >= 15 is 0 Å². The summed E-state index contributed by atoms with van der Waals surface area (Å²) in [5.74, 6) is -1.24. The molecule has 1 atom stereocenters. The van der Waals surface area contributed by atoms with Gasteiger partial charge in [-0.15, -0.1) is 0 Å². The van der Waals surface area contributed by atoms with Crippen LogP contribution in [0.5, 0.6) is 0 Å². The molecule has 5 aromatic carbocycles. The summed E-state index contributed by atoms with van der Waals surface area (Å²) in [4.78, 5) is 26.3. The standard InChI is InChI=1S/C31H24N2O2/c32-30(34)28(18-27-21-11-3-1-9-19(21)17-20-10-2-4-12-22(20)27)33-31(35)29-25-15-7-5-13-23(25)24-14-6-8-16-26(24)29/h1-17,28-29H,18H2,(H2,32,34)(H,33,35)/t28-/m0/s1. The molecule has 0 saturated heterocycles. The quantitative estimate of drug-likeness (QED) is 0.352. The van der Waals surface area contributed by atoms with E-state index in [1.54, 1.807) is 0 Å². The van der Waals surface area contributed by atoms with Gasteiger partial charge in [0, 0.05) is 6.42 Å². The maximum absolute atomic E-state index is 13.7. The fourth-order valence-electron chi connectivity index (χ4n) is 5.45. The van der Waals surface area contributed by atoms with E-state index in [9.17, 15) is 9.59 Å². The Hall–Kier alpha value is -4.44. The molecule has 0 aromatic heterocycles. The second-order valence-corrected chi connectivity index (χ2v) is 9.07. The summed E-state index contributed by atoms with van der Waals surface area (Å²) < 4.78 is 0. The minimum Gasteiger partial charge on any atom is -0.368 e. The van der Waals surface area contributed by atoms with Crippen molar-refractivity contribution in [1.29, 1.82) is 0 Å². The Balaban J connectivity index is 1.39. The van der Waals surface area contributed by atoms with Crippen molar-refractivity contribution in [1.82, 2.24) is 5.32 Å². The molecule has 4 heteroatoms. The van der Waals surface area contributed by atoms with Crippen molar-refractivity contribution in [2.75, 3.05) is 0 Å². The monoisotopic (exact) mass is 456 g/mol. The first-order valence-electron chi connectivity index (χ1n) is 11.8. The van der Waals surface area contributed by atoms with E-state index in [2.05, 4.69) is 35.6 Å². The SMILES string of the molecule is NC(=O)[C@H](Cc1c2ccccc2cc2ccccc12)NC(=O)C1c2ccccc2-c2ccccc21. The molecular weight excluding hydrogens is 432 g/mol. The third-order valence-electron chi connectivity index (χ3n) is 7.05. The highest BCUT2D eigenvalue weighted by Gasteiger charge is 2.35. The number of nitrogens with one attached hydrogen (secondary N) is 1. The van der Waals surface area contributed by atoms with Crippen LogP contribution in [0, 0.1) is 0 Å². The first kappa shape index (κ1) is 21.1. The van der Waals surface area contributed by atoms with Gasteiger partial charge < -0.3 is 11.1 Å². The Bertz CT molecular complexity index is 1520. The maximum Gasteiger partial charge on any atom is 0.240 e. The van der Waals surface area contributed by atoms with E-state index in [-0.39, 0.29) is 5.91 Å². The molecule has 35 heavy (non-hydrogen) atoms. The minimum absolute atomic E-state index is 0.212. The van der Waals surface area contributed by atoms with Gasteiger partial charge in [-0.1, -0.05) is 97.1 Å². The first-order chi connectivity index (χ1) is 17.1. The van der Waals surface area contributed by atoms with Crippen LogP contribution in [-0.4, -0.2) is 17.9 Å². The van der Waals surface area contributed by atoms with Gasteiger partial charge in [0.2, 0.25) is 11.8 Å². The molecule has 0 fully saturated rings. The zero-order valence-electron chi connectivity index (χ0n) is 19.1. The number of carbonyl (C=O) groups is 2. The third kappa shape index (κ3) is 3.55. The Morgan fingerprint density at radius 1 is 0.714 bits per heavy atom. The molecule has 1 aliphatic carbocycles.